The SMILES string of the molecule is Cc1nc(NS(=O)(=O)c2ccc(Cl)c(N)c2)ccc1Br. The van der Waals surface area contributed by atoms with E-state index < -0.39 is 10.0 Å². The van der Waals surface area contributed by atoms with Crippen molar-refractivity contribution in [2.24, 2.45) is 0 Å². The van der Waals surface area contributed by atoms with Gasteiger partial charge in [-0.25, -0.2) is 13.4 Å². The molecule has 0 radical (unpaired) electrons. The molecule has 1 aromatic heterocycles. The molecule has 106 valence electrons. The van der Waals surface area contributed by atoms with Gasteiger partial charge in [0, 0.05) is 4.47 Å². The summed E-state index contributed by atoms with van der Waals surface area (Å²) in [6, 6.07) is 7.40. The van der Waals surface area contributed by atoms with Crippen LogP contribution >= 0.6 is 27.5 Å². The molecule has 0 saturated carbocycles. The molecule has 20 heavy (non-hydrogen) atoms. The zero-order valence-corrected chi connectivity index (χ0v) is 13.6. The Morgan fingerprint density at radius 2 is 2.00 bits per heavy atom. The molecule has 3 N–H and O–H groups in total. The zero-order valence-electron chi connectivity index (χ0n) is 10.4. The first-order chi connectivity index (χ1) is 9.29. The first kappa shape index (κ1) is 15.1. The molecular weight excluding hydrogens is 366 g/mol. The lowest BCUT2D eigenvalue weighted by molar-refractivity contribution is 0.601. The lowest BCUT2D eigenvalue weighted by Crippen LogP contribution is -2.14. The summed E-state index contributed by atoms with van der Waals surface area (Å²) in [5.74, 6) is 0.235. The maximum absolute atomic E-state index is 12.2. The molecule has 1 heterocycles. The van der Waals surface area contributed by atoms with Gasteiger partial charge in [-0.3, -0.25) is 4.72 Å². The smallest absolute Gasteiger partial charge is 0.263 e. The fourth-order valence-corrected chi connectivity index (χ4v) is 2.86. The highest BCUT2D eigenvalue weighted by Gasteiger charge is 2.16. The van der Waals surface area contributed by atoms with Crippen molar-refractivity contribution in [3.8, 4) is 0 Å². The lowest BCUT2D eigenvalue weighted by Gasteiger charge is -2.09. The van der Waals surface area contributed by atoms with E-state index in [1.165, 1.54) is 18.2 Å². The van der Waals surface area contributed by atoms with Crippen LogP contribution in [0.4, 0.5) is 11.5 Å². The number of nitrogens with one attached hydrogen (secondary N) is 1. The van der Waals surface area contributed by atoms with Crippen LogP contribution in [0.25, 0.3) is 0 Å². The molecule has 0 unspecified atom stereocenters. The van der Waals surface area contributed by atoms with Crippen LogP contribution in [0.1, 0.15) is 5.69 Å². The number of aryl methyl sites for hydroxylation is 1. The maximum Gasteiger partial charge on any atom is 0.263 e. The number of pyridine rings is 1. The van der Waals surface area contributed by atoms with Gasteiger partial charge in [0.1, 0.15) is 5.82 Å². The molecule has 1 aromatic carbocycles. The van der Waals surface area contributed by atoms with Crippen LogP contribution < -0.4 is 10.5 Å². The number of rotatable bonds is 3. The molecule has 2 rings (SSSR count). The second-order valence-corrected chi connectivity index (χ2v) is 7.00. The number of hydrogen-bond acceptors (Lipinski definition) is 4. The number of nitrogen functional groups attached to an aromatic ring is 1. The predicted octanol–water partition coefficient (Wildman–Crippen LogP) is 3.19. The topological polar surface area (TPSA) is 85.1 Å². The first-order valence-electron chi connectivity index (χ1n) is 5.50. The average molecular weight is 377 g/mol. The van der Waals surface area contributed by atoms with Gasteiger partial charge in [0.2, 0.25) is 0 Å². The summed E-state index contributed by atoms with van der Waals surface area (Å²) in [6.07, 6.45) is 0. The molecule has 0 spiro atoms. The monoisotopic (exact) mass is 375 g/mol. The van der Waals surface area contributed by atoms with E-state index >= 15 is 0 Å². The zero-order chi connectivity index (χ0) is 14.9. The predicted molar refractivity (Wildman–Crippen MR) is 83.3 cm³/mol. The first-order valence-corrected chi connectivity index (χ1v) is 8.16. The normalized spacial score (nSPS) is 11.3. The van der Waals surface area contributed by atoms with Crippen molar-refractivity contribution in [3.63, 3.8) is 0 Å². The van der Waals surface area contributed by atoms with Crippen LogP contribution in [0.3, 0.4) is 0 Å². The standard InChI is InChI=1S/C12H11BrClN3O2S/c1-7-9(13)3-5-12(16-7)17-20(18,19)8-2-4-10(14)11(15)6-8/h2-6H,15H2,1H3,(H,16,17). The summed E-state index contributed by atoms with van der Waals surface area (Å²) >= 11 is 9.07. The molecule has 5 nitrogen and oxygen atoms in total. The van der Waals surface area contributed by atoms with E-state index in [2.05, 4.69) is 25.6 Å². The fourth-order valence-electron chi connectivity index (χ4n) is 1.49. The number of anilines is 2. The molecule has 0 aliphatic heterocycles. The summed E-state index contributed by atoms with van der Waals surface area (Å²) < 4.78 is 27.6. The van der Waals surface area contributed by atoms with Gasteiger partial charge in [-0.15, -0.1) is 0 Å². The van der Waals surface area contributed by atoms with Crippen molar-refractivity contribution in [1.29, 1.82) is 0 Å². The minimum Gasteiger partial charge on any atom is -0.397 e. The molecule has 0 aliphatic rings. The van der Waals surface area contributed by atoms with Gasteiger partial charge >= 0.3 is 0 Å². The Morgan fingerprint density at radius 3 is 2.60 bits per heavy atom. The molecule has 0 atom stereocenters. The second-order valence-electron chi connectivity index (χ2n) is 4.05. The second kappa shape index (κ2) is 5.59. The largest absolute Gasteiger partial charge is 0.397 e. The van der Waals surface area contributed by atoms with Crippen LogP contribution in [0.2, 0.25) is 5.02 Å². The molecule has 0 amide bonds. The quantitative estimate of drug-likeness (QED) is 0.806. The van der Waals surface area contributed by atoms with Crippen LogP contribution in [0.15, 0.2) is 39.7 Å². The van der Waals surface area contributed by atoms with Crippen LogP contribution in [-0.2, 0) is 10.0 Å². The summed E-state index contributed by atoms with van der Waals surface area (Å²) in [4.78, 5) is 4.16. The van der Waals surface area contributed by atoms with Gasteiger partial charge in [-0.2, -0.15) is 0 Å². The van der Waals surface area contributed by atoms with Gasteiger partial charge in [-0.1, -0.05) is 11.6 Å². The highest BCUT2D eigenvalue weighted by Crippen LogP contribution is 2.24. The van der Waals surface area contributed by atoms with E-state index in [0.29, 0.717) is 10.7 Å². The number of aromatic nitrogens is 1. The number of hydrogen-bond donors (Lipinski definition) is 2. The number of sulfonamides is 1. The van der Waals surface area contributed by atoms with E-state index in [1.54, 1.807) is 19.1 Å². The van der Waals surface area contributed by atoms with Crippen LogP contribution in [0.5, 0.6) is 0 Å². The number of nitrogens with two attached hydrogens (primary N) is 1. The maximum atomic E-state index is 12.2. The molecular formula is C12H11BrClN3O2S. The third-order valence-corrected chi connectivity index (χ3v) is 5.07. The van der Waals surface area contributed by atoms with Gasteiger partial charge in [0.05, 0.1) is 21.3 Å². The van der Waals surface area contributed by atoms with Crippen LogP contribution in [-0.4, -0.2) is 13.4 Å². The minimum atomic E-state index is -3.75. The lowest BCUT2D eigenvalue weighted by atomic mass is 10.3. The van der Waals surface area contributed by atoms with Gasteiger partial charge in [0.15, 0.2) is 0 Å². The van der Waals surface area contributed by atoms with Crippen molar-refractivity contribution < 1.29 is 8.42 Å². The Kier molecular flexibility index (Phi) is 4.22. The highest BCUT2D eigenvalue weighted by atomic mass is 79.9. The average Bonchev–Trinajstić information content (AvgIpc) is 2.37. The summed E-state index contributed by atoms with van der Waals surface area (Å²) in [5.41, 5.74) is 6.49. The van der Waals surface area contributed by atoms with E-state index in [0.717, 1.165) is 4.47 Å². The minimum absolute atomic E-state index is 0.0294. The Morgan fingerprint density at radius 1 is 1.30 bits per heavy atom. The third-order valence-electron chi connectivity index (χ3n) is 2.54. The van der Waals surface area contributed by atoms with Crippen molar-refractivity contribution >= 4 is 49.1 Å². The van der Waals surface area contributed by atoms with Gasteiger partial charge < -0.3 is 5.73 Å². The van der Waals surface area contributed by atoms with E-state index in [9.17, 15) is 8.42 Å². The van der Waals surface area contributed by atoms with E-state index in [-0.39, 0.29) is 16.4 Å². The molecule has 0 fully saturated rings. The van der Waals surface area contributed by atoms with Crippen molar-refractivity contribution in [3.05, 3.63) is 45.5 Å². The highest BCUT2D eigenvalue weighted by molar-refractivity contribution is 9.10. The Balaban J connectivity index is 2.35. The summed E-state index contributed by atoms with van der Waals surface area (Å²) in [7, 11) is -3.75. The van der Waals surface area contributed by atoms with Crippen molar-refractivity contribution in [2.75, 3.05) is 10.5 Å². The fraction of sp³-hybridized carbons (Fsp3) is 0.0833. The van der Waals surface area contributed by atoms with Gasteiger partial charge in [0.25, 0.3) is 10.0 Å². The number of benzene rings is 1. The molecule has 0 aliphatic carbocycles. The Hall–Kier alpha value is -1.31. The Labute approximate surface area is 130 Å². The number of halogens is 2. The van der Waals surface area contributed by atoms with E-state index in [4.69, 9.17) is 17.3 Å². The third kappa shape index (κ3) is 3.23. The Bertz CT molecular complexity index is 765. The van der Waals surface area contributed by atoms with Crippen LogP contribution in [0, 0.1) is 6.92 Å². The summed E-state index contributed by atoms with van der Waals surface area (Å²) in [6.45, 7) is 1.77. The summed E-state index contributed by atoms with van der Waals surface area (Å²) in [5, 5.41) is 0.307. The van der Waals surface area contributed by atoms with Crippen molar-refractivity contribution in [2.45, 2.75) is 11.8 Å². The van der Waals surface area contributed by atoms with E-state index in [1.807, 2.05) is 0 Å². The molecule has 0 saturated heterocycles. The van der Waals surface area contributed by atoms with Gasteiger partial charge in [-0.05, 0) is 53.2 Å². The molecule has 8 heteroatoms. The number of nitrogens with zero attached hydrogens (tertiary/aromatic N) is 1. The molecule has 2 aromatic rings. The van der Waals surface area contributed by atoms with Crippen molar-refractivity contribution in [1.82, 2.24) is 4.98 Å². The molecule has 0 bridgehead atoms.